The van der Waals surface area contributed by atoms with Crippen LogP contribution in [0, 0.1) is 0 Å². The van der Waals surface area contributed by atoms with Crippen molar-refractivity contribution >= 4 is 24.3 Å². The molecule has 0 unspecified atom stereocenters. The van der Waals surface area contributed by atoms with Crippen LogP contribution >= 0.6 is 12.4 Å². The van der Waals surface area contributed by atoms with Gasteiger partial charge in [0.05, 0.1) is 6.42 Å². The Kier molecular flexibility index (Phi) is 6.96. The quantitative estimate of drug-likeness (QED) is 0.821. The summed E-state index contributed by atoms with van der Waals surface area (Å²) in [6.07, 6.45) is 0.865. The number of hydrogen-bond donors (Lipinski definition) is 1. The molecule has 16 heavy (non-hydrogen) atoms. The highest BCUT2D eigenvalue weighted by molar-refractivity contribution is 5.85. The second kappa shape index (κ2) is 7.70. The molecule has 0 radical (unpaired) electrons. The van der Waals surface area contributed by atoms with Gasteiger partial charge >= 0.3 is 5.97 Å². The van der Waals surface area contributed by atoms with E-state index in [0.29, 0.717) is 6.42 Å². The van der Waals surface area contributed by atoms with Crippen molar-refractivity contribution in [1.82, 2.24) is 5.48 Å². The topological polar surface area (TPSA) is 55.4 Å². The summed E-state index contributed by atoms with van der Waals surface area (Å²) in [5, 5.41) is 0. The second-order valence-corrected chi connectivity index (χ2v) is 3.12. The standard InChI is InChI=1S/C11H13NO3.ClH/c1-9(13)12-15-11(14)8-7-10-5-3-2-4-6-10;/h2-6H,7-8H2,1H3,(H,12,13);1H. The molecule has 1 amide bonds. The zero-order valence-electron chi connectivity index (χ0n) is 8.93. The molecule has 0 aliphatic rings. The fraction of sp³-hybridized carbons (Fsp3) is 0.273. The van der Waals surface area contributed by atoms with Gasteiger partial charge in [-0.05, 0) is 12.0 Å². The maximum atomic E-state index is 11.1. The molecular formula is C11H14ClNO3. The molecule has 0 aliphatic heterocycles. The number of carbonyl (C=O) groups is 2. The van der Waals surface area contributed by atoms with Crippen molar-refractivity contribution in [3.8, 4) is 0 Å². The Morgan fingerprint density at radius 2 is 1.88 bits per heavy atom. The number of halogens is 1. The highest BCUT2D eigenvalue weighted by atomic mass is 35.5. The molecule has 0 saturated carbocycles. The second-order valence-electron chi connectivity index (χ2n) is 3.12. The third-order valence-electron chi connectivity index (χ3n) is 1.77. The van der Waals surface area contributed by atoms with Gasteiger partial charge in [-0.25, -0.2) is 4.79 Å². The Morgan fingerprint density at radius 3 is 2.44 bits per heavy atom. The van der Waals surface area contributed by atoms with Crippen LogP contribution in [0.15, 0.2) is 30.3 Å². The fourth-order valence-corrected chi connectivity index (χ4v) is 1.07. The van der Waals surface area contributed by atoms with E-state index in [9.17, 15) is 9.59 Å². The zero-order valence-corrected chi connectivity index (χ0v) is 9.75. The molecule has 0 heterocycles. The zero-order chi connectivity index (χ0) is 11.1. The third-order valence-corrected chi connectivity index (χ3v) is 1.77. The summed E-state index contributed by atoms with van der Waals surface area (Å²) in [5.74, 6) is -0.822. The average Bonchev–Trinajstić information content (AvgIpc) is 2.25. The first kappa shape index (κ1) is 14.5. The van der Waals surface area contributed by atoms with Gasteiger partial charge in [0, 0.05) is 6.92 Å². The number of rotatable bonds is 3. The van der Waals surface area contributed by atoms with E-state index >= 15 is 0 Å². The molecule has 4 nitrogen and oxygen atoms in total. The molecule has 1 aromatic carbocycles. The van der Waals surface area contributed by atoms with Gasteiger partial charge in [0.25, 0.3) is 0 Å². The maximum absolute atomic E-state index is 11.1. The van der Waals surface area contributed by atoms with Crippen LogP contribution in [-0.4, -0.2) is 11.9 Å². The normalized spacial score (nSPS) is 8.81. The largest absolute Gasteiger partial charge is 0.341 e. The molecule has 0 bridgehead atoms. The van der Waals surface area contributed by atoms with Crippen LogP contribution in [0.5, 0.6) is 0 Å². The highest BCUT2D eigenvalue weighted by Gasteiger charge is 2.04. The Hall–Kier alpha value is -1.55. The summed E-state index contributed by atoms with van der Waals surface area (Å²) in [7, 11) is 0. The highest BCUT2D eigenvalue weighted by Crippen LogP contribution is 2.02. The molecule has 88 valence electrons. The average molecular weight is 244 g/mol. The first-order chi connectivity index (χ1) is 7.18. The van der Waals surface area contributed by atoms with Gasteiger partial charge in [-0.1, -0.05) is 30.3 Å². The Morgan fingerprint density at radius 1 is 1.25 bits per heavy atom. The molecule has 1 aromatic rings. The fourth-order valence-electron chi connectivity index (χ4n) is 1.07. The van der Waals surface area contributed by atoms with Crippen LogP contribution in [0.2, 0.25) is 0 Å². The van der Waals surface area contributed by atoms with E-state index in [1.807, 2.05) is 35.8 Å². The van der Waals surface area contributed by atoms with Crippen molar-refractivity contribution in [2.24, 2.45) is 0 Å². The molecule has 0 aromatic heterocycles. The maximum Gasteiger partial charge on any atom is 0.332 e. The molecular weight excluding hydrogens is 230 g/mol. The predicted octanol–water partition coefficient (Wildman–Crippen LogP) is 1.64. The summed E-state index contributed by atoms with van der Waals surface area (Å²) < 4.78 is 0. The van der Waals surface area contributed by atoms with Gasteiger partial charge in [-0.15, -0.1) is 12.4 Å². The SMILES string of the molecule is CC(=O)NOC(=O)CCc1ccccc1.Cl. The lowest BCUT2D eigenvalue weighted by molar-refractivity contribution is -0.157. The van der Waals surface area contributed by atoms with E-state index in [0.717, 1.165) is 5.56 Å². The molecule has 0 spiro atoms. The van der Waals surface area contributed by atoms with Crippen LogP contribution < -0.4 is 5.48 Å². The molecule has 0 saturated heterocycles. The van der Waals surface area contributed by atoms with E-state index in [2.05, 4.69) is 4.84 Å². The van der Waals surface area contributed by atoms with Gasteiger partial charge in [0.2, 0.25) is 5.91 Å². The lowest BCUT2D eigenvalue weighted by atomic mass is 10.1. The smallest absolute Gasteiger partial charge is 0.332 e. The lowest BCUT2D eigenvalue weighted by Gasteiger charge is -2.03. The first-order valence-corrected chi connectivity index (χ1v) is 4.68. The molecule has 5 heteroatoms. The first-order valence-electron chi connectivity index (χ1n) is 4.68. The summed E-state index contributed by atoms with van der Waals surface area (Å²) in [6, 6.07) is 9.61. The van der Waals surface area contributed by atoms with Crippen molar-refractivity contribution in [2.75, 3.05) is 0 Å². The molecule has 0 atom stereocenters. The van der Waals surface area contributed by atoms with Crippen LogP contribution in [-0.2, 0) is 20.8 Å². The Labute approximate surface area is 100 Å². The molecule has 0 aliphatic carbocycles. The molecule has 1 N–H and O–H groups in total. The van der Waals surface area contributed by atoms with Crippen molar-refractivity contribution in [3.63, 3.8) is 0 Å². The van der Waals surface area contributed by atoms with Gasteiger partial charge in [0.1, 0.15) is 0 Å². The van der Waals surface area contributed by atoms with Crippen molar-refractivity contribution in [2.45, 2.75) is 19.8 Å². The van der Waals surface area contributed by atoms with Gasteiger partial charge in [-0.2, -0.15) is 5.48 Å². The number of amides is 1. The number of nitrogens with one attached hydrogen (secondary N) is 1. The van der Waals surface area contributed by atoms with Crippen LogP contribution in [0.3, 0.4) is 0 Å². The van der Waals surface area contributed by atoms with Gasteiger partial charge in [-0.3, -0.25) is 4.79 Å². The lowest BCUT2D eigenvalue weighted by Crippen LogP contribution is -2.24. The van der Waals surface area contributed by atoms with Crippen LogP contribution in [0.1, 0.15) is 18.9 Å². The molecule has 1 rings (SSSR count). The number of hydrogen-bond acceptors (Lipinski definition) is 3. The van der Waals surface area contributed by atoms with E-state index in [-0.39, 0.29) is 24.7 Å². The minimum Gasteiger partial charge on any atom is -0.341 e. The van der Waals surface area contributed by atoms with E-state index < -0.39 is 5.97 Å². The monoisotopic (exact) mass is 243 g/mol. The molecule has 0 fully saturated rings. The number of aryl methyl sites for hydroxylation is 1. The van der Waals surface area contributed by atoms with Crippen molar-refractivity contribution in [1.29, 1.82) is 0 Å². The third kappa shape index (κ3) is 6.03. The number of hydroxylamine groups is 1. The summed E-state index contributed by atoms with van der Waals surface area (Å²) in [5.41, 5.74) is 3.06. The van der Waals surface area contributed by atoms with Crippen molar-refractivity contribution < 1.29 is 14.4 Å². The van der Waals surface area contributed by atoms with Crippen molar-refractivity contribution in [3.05, 3.63) is 35.9 Å². The Balaban J connectivity index is 0.00000225. The predicted molar refractivity (Wildman–Crippen MR) is 61.9 cm³/mol. The van der Waals surface area contributed by atoms with Gasteiger partial charge in [0.15, 0.2) is 0 Å². The van der Waals surface area contributed by atoms with Gasteiger partial charge < -0.3 is 4.84 Å². The summed E-state index contributed by atoms with van der Waals surface area (Å²) in [4.78, 5) is 26.0. The minimum absolute atomic E-state index is 0. The number of benzene rings is 1. The van der Waals surface area contributed by atoms with Crippen LogP contribution in [0.25, 0.3) is 0 Å². The number of carbonyl (C=O) groups excluding carboxylic acids is 2. The summed E-state index contributed by atoms with van der Waals surface area (Å²) >= 11 is 0. The van der Waals surface area contributed by atoms with E-state index in [1.165, 1.54) is 6.92 Å². The van der Waals surface area contributed by atoms with Crippen LogP contribution in [0.4, 0.5) is 0 Å². The van der Waals surface area contributed by atoms with E-state index in [4.69, 9.17) is 0 Å². The van der Waals surface area contributed by atoms with E-state index in [1.54, 1.807) is 0 Å². The summed E-state index contributed by atoms with van der Waals surface area (Å²) in [6.45, 7) is 1.28. The Bertz CT molecular complexity index is 340. The minimum atomic E-state index is -0.436.